The van der Waals surface area contributed by atoms with E-state index in [0.717, 1.165) is 19.3 Å². The van der Waals surface area contributed by atoms with Gasteiger partial charge >= 0.3 is 0 Å². The number of rotatable bonds is 6. The first-order valence-corrected chi connectivity index (χ1v) is 11.6. The quantitative estimate of drug-likeness (QED) is 0.610. The Balaban J connectivity index is 1.87. The fourth-order valence-electron chi connectivity index (χ4n) is 3.05. The first-order valence-electron chi connectivity index (χ1n) is 8.94. The summed E-state index contributed by atoms with van der Waals surface area (Å²) in [6.45, 7) is 0.820. The van der Waals surface area contributed by atoms with E-state index in [0.29, 0.717) is 24.9 Å². The summed E-state index contributed by atoms with van der Waals surface area (Å²) in [6, 6.07) is 10.2. The van der Waals surface area contributed by atoms with Gasteiger partial charge in [-0.2, -0.15) is 13.1 Å². The van der Waals surface area contributed by atoms with Gasteiger partial charge in [0.2, 0.25) is 10.0 Å². The molecule has 29 heavy (non-hydrogen) atoms. The Kier molecular flexibility index (Phi) is 7.15. The van der Waals surface area contributed by atoms with Crippen LogP contribution in [0.4, 0.5) is 14.5 Å². The second-order valence-corrected chi connectivity index (χ2v) is 9.78. The molecule has 0 radical (unpaired) electrons. The number of thioether (sulfide) groups is 1. The number of amides is 1. The minimum atomic E-state index is -3.83. The largest absolute Gasteiger partial charge is 0.321 e. The number of nitrogens with one attached hydrogen (secondary N) is 1. The lowest BCUT2D eigenvalue weighted by Gasteiger charge is -2.26. The number of benzene rings is 2. The smallest absolute Gasteiger partial charge is 0.288 e. The van der Waals surface area contributed by atoms with Gasteiger partial charge in [-0.15, -0.1) is 0 Å². The molecular formula is C19H19ClF2N2O3S2. The molecule has 1 saturated heterocycles. The van der Waals surface area contributed by atoms with Gasteiger partial charge in [-0.3, -0.25) is 4.79 Å². The number of alkyl halides is 2. The first-order chi connectivity index (χ1) is 13.8. The van der Waals surface area contributed by atoms with Gasteiger partial charge in [0.05, 0.1) is 10.7 Å². The molecule has 1 aliphatic rings. The summed E-state index contributed by atoms with van der Waals surface area (Å²) in [5.41, 5.74) is 0.292. The molecule has 1 fully saturated rings. The van der Waals surface area contributed by atoms with Gasteiger partial charge in [0.1, 0.15) is 4.90 Å². The molecule has 2 aromatic carbocycles. The Labute approximate surface area is 177 Å². The van der Waals surface area contributed by atoms with Crippen molar-refractivity contribution < 1.29 is 22.0 Å². The molecule has 0 unspecified atom stereocenters. The highest BCUT2D eigenvalue weighted by molar-refractivity contribution is 7.99. The Morgan fingerprint density at radius 2 is 1.79 bits per heavy atom. The third kappa shape index (κ3) is 5.28. The molecule has 156 valence electrons. The fraction of sp³-hybridized carbons (Fsp3) is 0.316. The molecule has 0 aromatic heterocycles. The van der Waals surface area contributed by atoms with Crippen molar-refractivity contribution in [3.8, 4) is 0 Å². The number of carbonyl (C=O) groups is 1. The van der Waals surface area contributed by atoms with Crippen LogP contribution < -0.4 is 5.32 Å². The molecular weight excluding hydrogens is 442 g/mol. The van der Waals surface area contributed by atoms with Crippen molar-refractivity contribution in [2.45, 2.75) is 34.8 Å². The Morgan fingerprint density at radius 1 is 1.10 bits per heavy atom. The van der Waals surface area contributed by atoms with Crippen LogP contribution in [0.5, 0.6) is 0 Å². The SMILES string of the molecule is O=C(Nc1ccccc1SC(F)F)c1ccc(Cl)c(S(=O)(=O)N2CCCCC2)c1. The molecule has 0 bridgehead atoms. The van der Waals surface area contributed by atoms with Crippen molar-refractivity contribution in [1.29, 1.82) is 0 Å². The number of carbonyl (C=O) groups excluding carboxylic acids is 1. The summed E-state index contributed by atoms with van der Waals surface area (Å²) in [7, 11) is -3.83. The van der Waals surface area contributed by atoms with Crippen LogP contribution in [0.15, 0.2) is 52.3 Å². The van der Waals surface area contributed by atoms with Crippen molar-refractivity contribution in [3.63, 3.8) is 0 Å². The number of nitrogens with zero attached hydrogens (tertiary/aromatic N) is 1. The summed E-state index contributed by atoms with van der Waals surface area (Å²) < 4.78 is 52.7. The maximum Gasteiger partial charge on any atom is 0.288 e. The fourth-order valence-corrected chi connectivity index (χ4v) is 5.66. The number of piperidine rings is 1. The summed E-state index contributed by atoms with van der Waals surface area (Å²) in [4.78, 5) is 12.7. The Hall–Kier alpha value is -1.68. The zero-order chi connectivity index (χ0) is 21.0. The number of hydrogen-bond acceptors (Lipinski definition) is 4. The highest BCUT2D eigenvalue weighted by atomic mass is 35.5. The van der Waals surface area contributed by atoms with E-state index in [1.54, 1.807) is 12.1 Å². The maximum atomic E-state index is 12.9. The van der Waals surface area contributed by atoms with Crippen LogP contribution in [0.1, 0.15) is 29.6 Å². The van der Waals surface area contributed by atoms with Gasteiger partial charge < -0.3 is 5.32 Å². The Bertz CT molecular complexity index is 997. The van der Waals surface area contributed by atoms with E-state index < -0.39 is 21.7 Å². The second-order valence-electron chi connectivity index (χ2n) is 6.44. The lowest BCUT2D eigenvalue weighted by molar-refractivity contribution is 0.102. The van der Waals surface area contributed by atoms with Crippen LogP contribution in [0.25, 0.3) is 0 Å². The normalized spacial score (nSPS) is 15.4. The number of hydrogen-bond donors (Lipinski definition) is 1. The molecule has 10 heteroatoms. The van der Waals surface area contributed by atoms with Crippen LogP contribution in [0.3, 0.4) is 0 Å². The van der Waals surface area contributed by atoms with E-state index in [2.05, 4.69) is 5.32 Å². The molecule has 0 aliphatic carbocycles. The third-order valence-electron chi connectivity index (χ3n) is 4.48. The van der Waals surface area contributed by atoms with Crippen LogP contribution >= 0.6 is 23.4 Å². The van der Waals surface area contributed by atoms with Gasteiger partial charge in [-0.1, -0.05) is 41.9 Å². The number of anilines is 1. The van der Waals surface area contributed by atoms with Crippen LogP contribution in [0, 0.1) is 0 Å². The highest BCUT2D eigenvalue weighted by Gasteiger charge is 2.29. The third-order valence-corrected chi connectivity index (χ3v) is 7.65. The summed E-state index contributed by atoms with van der Waals surface area (Å²) in [5.74, 6) is -3.25. The van der Waals surface area contributed by atoms with Crippen molar-refractivity contribution in [2.24, 2.45) is 0 Å². The van der Waals surface area contributed by atoms with Gasteiger partial charge in [0, 0.05) is 23.5 Å². The van der Waals surface area contributed by atoms with Gasteiger partial charge in [-0.25, -0.2) is 8.42 Å². The Morgan fingerprint density at radius 3 is 2.48 bits per heavy atom. The standard InChI is InChI=1S/C19H19ClF2N2O3S2/c20-14-9-8-13(12-17(14)29(26,27)24-10-4-1-5-11-24)18(25)23-15-6-2-3-7-16(15)28-19(21)22/h2-3,6-9,12,19H,1,4-5,10-11H2,(H,23,25). The summed E-state index contributed by atoms with van der Waals surface area (Å²) in [6.07, 6.45) is 2.52. The van der Waals surface area contributed by atoms with E-state index in [9.17, 15) is 22.0 Å². The minimum absolute atomic E-state index is 0.0285. The maximum absolute atomic E-state index is 12.9. The predicted octanol–water partition coefficient (Wildman–Crippen LogP) is 5.08. The number of sulfonamides is 1. The first kappa shape index (κ1) is 22.0. The van der Waals surface area contributed by atoms with Crippen molar-refractivity contribution >= 4 is 45.0 Å². The molecule has 1 aliphatic heterocycles. The lowest BCUT2D eigenvalue weighted by atomic mass is 10.2. The molecule has 1 N–H and O–H groups in total. The van der Waals surface area contributed by atoms with Crippen molar-refractivity contribution in [1.82, 2.24) is 4.31 Å². The number of para-hydroxylation sites is 1. The lowest BCUT2D eigenvalue weighted by Crippen LogP contribution is -2.35. The molecule has 0 spiro atoms. The summed E-state index contributed by atoms with van der Waals surface area (Å²) in [5, 5.41) is 2.59. The second kappa shape index (κ2) is 9.42. The zero-order valence-corrected chi connectivity index (χ0v) is 17.7. The van der Waals surface area contributed by atoms with Crippen molar-refractivity contribution in [2.75, 3.05) is 18.4 Å². The van der Waals surface area contributed by atoms with E-state index >= 15 is 0 Å². The van der Waals surface area contributed by atoms with E-state index in [1.165, 1.54) is 34.6 Å². The average Bonchev–Trinajstić information content (AvgIpc) is 2.70. The molecule has 0 saturated carbocycles. The molecule has 1 amide bonds. The minimum Gasteiger partial charge on any atom is -0.321 e. The zero-order valence-electron chi connectivity index (χ0n) is 15.3. The summed E-state index contributed by atoms with van der Waals surface area (Å²) >= 11 is 6.44. The van der Waals surface area contributed by atoms with E-state index in [-0.39, 0.29) is 26.1 Å². The van der Waals surface area contributed by atoms with E-state index in [4.69, 9.17) is 11.6 Å². The van der Waals surface area contributed by atoms with E-state index in [1.807, 2.05) is 0 Å². The van der Waals surface area contributed by atoms with Gasteiger partial charge in [0.25, 0.3) is 11.7 Å². The van der Waals surface area contributed by atoms with Gasteiger partial charge in [-0.05, 0) is 43.2 Å². The monoisotopic (exact) mass is 460 g/mol. The predicted molar refractivity (Wildman–Crippen MR) is 110 cm³/mol. The highest BCUT2D eigenvalue weighted by Crippen LogP contribution is 2.32. The molecule has 0 atom stereocenters. The van der Waals surface area contributed by atoms with Crippen LogP contribution in [0.2, 0.25) is 5.02 Å². The molecule has 5 nitrogen and oxygen atoms in total. The van der Waals surface area contributed by atoms with Crippen molar-refractivity contribution in [3.05, 3.63) is 53.1 Å². The van der Waals surface area contributed by atoms with Crippen LogP contribution in [-0.2, 0) is 10.0 Å². The molecule has 1 heterocycles. The van der Waals surface area contributed by atoms with Crippen LogP contribution in [-0.4, -0.2) is 37.5 Å². The number of halogens is 3. The topological polar surface area (TPSA) is 66.5 Å². The average molecular weight is 461 g/mol. The molecule has 2 aromatic rings. The van der Waals surface area contributed by atoms with Gasteiger partial charge in [0.15, 0.2) is 0 Å². The molecule has 3 rings (SSSR count).